The molecule has 0 saturated carbocycles. The summed E-state index contributed by atoms with van der Waals surface area (Å²) in [6.07, 6.45) is 0.476. The average Bonchev–Trinajstić information content (AvgIpc) is 2.68. The van der Waals surface area contributed by atoms with Gasteiger partial charge in [0.15, 0.2) is 0 Å². The van der Waals surface area contributed by atoms with E-state index in [1.807, 2.05) is 30.3 Å². The second kappa shape index (κ2) is 8.50. The molecule has 0 bridgehead atoms. The van der Waals surface area contributed by atoms with Crippen LogP contribution in [0.4, 0.5) is 4.39 Å². The quantitative estimate of drug-likeness (QED) is 0.872. The highest BCUT2D eigenvalue weighted by molar-refractivity contribution is 6.33. The van der Waals surface area contributed by atoms with Gasteiger partial charge in [-0.1, -0.05) is 41.9 Å². The zero-order chi connectivity index (χ0) is 19.4. The van der Waals surface area contributed by atoms with E-state index in [0.717, 1.165) is 11.6 Å². The minimum atomic E-state index is -0.610. The molecule has 2 aromatic carbocycles. The van der Waals surface area contributed by atoms with Crippen molar-refractivity contribution in [3.05, 3.63) is 70.5 Å². The van der Waals surface area contributed by atoms with Gasteiger partial charge in [-0.05, 0) is 30.2 Å². The van der Waals surface area contributed by atoms with Crippen LogP contribution in [0.3, 0.4) is 0 Å². The zero-order valence-corrected chi connectivity index (χ0v) is 15.5. The van der Waals surface area contributed by atoms with Gasteiger partial charge in [0.25, 0.3) is 5.91 Å². The number of carbonyl (C=O) groups excluding carboxylic acids is 2. The van der Waals surface area contributed by atoms with Gasteiger partial charge in [-0.25, -0.2) is 4.39 Å². The Morgan fingerprint density at radius 1 is 1.04 bits per heavy atom. The number of carbonyl (C=O) groups is 2. The minimum absolute atomic E-state index is 0.0865. The number of nitrogens with two attached hydrogens (primary N) is 1. The van der Waals surface area contributed by atoms with Crippen LogP contribution in [0.2, 0.25) is 5.02 Å². The van der Waals surface area contributed by atoms with E-state index >= 15 is 0 Å². The van der Waals surface area contributed by atoms with Crippen LogP contribution in [-0.4, -0.2) is 53.8 Å². The van der Waals surface area contributed by atoms with Crippen molar-refractivity contribution in [3.8, 4) is 0 Å². The van der Waals surface area contributed by atoms with E-state index in [4.69, 9.17) is 17.3 Å². The highest BCUT2D eigenvalue weighted by Gasteiger charge is 2.28. The van der Waals surface area contributed by atoms with Gasteiger partial charge < -0.3 is 15.5 Å². The number of hydrogen-bond donors (Lipinski definition) is 1. The van der Waals surface area contributed by atoms with E-state index in [0.29, 0.717) is 32.6 Å². The van der Waals surface area contributed by atoms with Gasteiger partial charge in [0.2, 0.25) is 5.91 Å². The second-order valence-electron chi connectivity index (χ2n) is 6.54. The summed E-state index contributed by atoms with van der Waals surface area (Å²) < 4.78 is 13.2. The summed E-state index contributed by atoms with van der Waals surface area (Å²) in [5.41, 5.74) is 7.35. The molecule has 2 aromatic rings. The molecule has 0 radical (unpaired) electrons. The molecule has 2 N–H and O–H groups in total. The molecule has 7 heteroatoms. The second-order valence-corrected chi connectivity index (χ2v) is 6.95. The first kappa shape index (κ1) is 19.3. The van der Waals surface area contributed by atoms with Gasteiger partial charge in [-0.2, -0.15) is 0 Å². The molecule has 0 unspecified atom stereocenters. The maximum atomic E-state index is 13.2. The Morgan fingerprint density at radius 2 is 1.67 bits per heavy atom. The Labute approximate surface area is 162 Å². The van der Waals surface area contributed by atoms with Gasteiger partial charge in [0.1, 0.15) is 5.82 Å². The molecule has 1 saturated heterocycles. The van der Waals surface area contributed by atoms with Crippen LogP contribution >= 0.6 is 11.6 Å². The van der Waals surface area contributed by atoms with Crippen LogP contribution < -0.4 is 5.73 Å². The Morgan fingerprint density at radius 3 is 2.30 bits per heavy atom. The molecule has 1 atom stereocenters. The lowest BCUT2D eigenvalue weighted by Crippen LogP contribution is -2.54. The fourth-order valence-electron chi connectivity index (χ4n) is 3.15. The predicted octanol–water partition coefficient (Wildman–Crippen LogP) is 2.33. The minimum Gasteiger partial charge on any atom is -0.338 e. The zero-order valence-electron chi connectivity index (χ0n) is 14.8. The summed E-state index contributed by atoms with van der Waals surface area (Å²) >= 11 is 5.97. The first-order valence-electron chi connectivity index (χ1n) is 8.78. The third-order valence-corrected chi connectivity index (χ3v) is 4.97. The lowest BCUT2D eigenvalue weighted by atomic mass is 10.1. The summed E-state index contributed by atoms with van der Waals surface area (Å²) in [6, 6.07) is 12.7. The van der Waals surface area contributed by atoms with Crippen LogP contribution in [-0.2, 0) is 11.2 Å². The molecule has 1 fully saturated rings. The molecule has 2 amide bonds. The predicted molar refractivity (Wildman–Crippen MR) is 102 cm³/mol. The summed E-state index contributed by atoms with van der Waals surface area (Å²) in [7, 11) is 0. The third kappa shape index (κ3) is 4.64. The Kier molecular flexibility index (Phi) is 6.08. The largest absolute Gasteiger partial charge is 0.338 e. The van der Waals surface area contributed by atoms with Crippen LogP contribution in [0.25, 0.3) is 0 Å². The van der Waals surface area contributed by atoms with Crippen molar-refractivity contribution in [1.82, 2.24) is 9.80 Å². The number of rotatable bonds is 4. The molecular formula is C20H21ClFN3O2. The van der Waals surface area contributed by atoms with Gasteiger partial charge in [0.05, 0.1) is 16.6 Å². The molecule has 1 aliphatic rings. The molecule has 0 aliphatic carbocycles. The molecule has 0 aromatic heterocycles. The lowest BCUT2D eigenvalue weighted by Gasteiger charge is -2.36. The van der Waals surface area contributed by atoms with E-state index in [9.17, 15) is 14.0 Å². The number of piperazine rings is 1. The summed E-state index contributed by atoms with van der Waals surface area (Å²) in [5, 5.41) is 0.0865. The van der Waals surface area contributed by atoms with Crippen LogP contribution in [0, 0.1) is 5.82 Å². The molecule has 142 valence electrons. The van der Waals surface area contributed by atoms with Gasteiger partial charge in [-0.15, -0.1) is 0 Å². The fraction of sp³-hybridized carbons (Fsp3) is 0.300. The molecule has 27 heavy (non-hydrogen) atoms. The molecular weight excluding hydrogens is 369 g/mol. The first-order chi connectivity index (χ1) is 13.0. The van der Waals surface area contributed by atoms with E-state index in [-0.39, 0.29) is 22.4 Å². The SMILES string of the molecule is N[C@@H](Cc1ccccc1)C(=O)N1CCN(C(=O)c2ccc(F)cc2Cl)CC1. The average molecular weight is 390 g/mol. The monoisotopic (exact) mass is 389 g/mol. The van der Waals surface area contributed by atoms with Crippen molar-refractivity contribution in [2.24, 2.45) is 5.73 Å². The number of nitrogens with zero attached hydrogens (tertiary/aromatic N) is 2. The number of amides is 2. The maximum absolute atomic E-state index is 13.2. The molecule has 3 rings (SSSR count). The van der Waals surface area contributed by atoms with Gasteiger partial charge in [-0.3, -0.25) is 9.59 Å². The van der Waals surface area contributed by atoms with Crippen molar-refractivity contribution < 1.29 is 14.0 Å². The first-order valence-corrected chi connectivity index (χ1v) is 9.16. The van der Waals surface area contributed by atoms with E-state index in [2.05, 4.69) is 0 Å². The smallest absolute Gasteiger partial charge is 0.255 e. The van der Waals surface area contributed by atoms with E-state index in [1.165, 1.54) is 12.1 Å². The highest BCUT2D eigenvalue weighted by atomic mass is 35.5. The van der Waals surface area contributed by atoms with Crippen molar-refractivity contribution in [3.63, 3.8) is 0 Å². The van der Waals surface area contributed by atoms with Crippen molar-refractivity contribution in [1.29, 1.82) is 0 Å². The van der Waals surface area contributed by atoms with Crippen LogP contribution in [0.15, 0.2) is 48.5 Å². The number of benzene rings is 2. The molecule has 1 heterocycles. The van der Waals surface area contributed by atoms with E-state index in [1.54, 1.807) is 9.80 Å². The van der Waals surface area contributed by atoms with Crippen molar-refractivity contribution in [2.75, 3.05) is 26.2 Å². The van der Waals surface area contributed by atoms with Crippen molar-refractivity contribution >= 4 is 23.4 Å². The third-order valence-electron chi connectivity index (χ3n) is 4.66. The summed E-state index contributed by atoms with van der Waals surface area (Å²) in [6.45, 7) is 1.59. The Bertz CT molecular complexity index is 823. The highest BCUT2D eigenvalue weighted by Crippen LogP contribution is 2.20. The summed E-state index contributed by atoms with van der Waals surface area (Å²) in [4.78, 5) is 28.5. The fourth-order valence-corrected chi connectivity index (χ4v) is 3.40. The maximum Gasteiger partial charge on any atom is 0.255 e. The Hall–Kier alpha value is -2.44. The van der Waals surface area contributed by atoms with E-state index < -0.39 is 11.9 Å². The normalized spacial score (nSPS) is 15.5. The number of halogens is 2. The van der Waals surface area contributed by atoms with Gasteiger partial charge in [0, 0.05) is 26.2 Å². The molecule has 5 nitrogen and oxygen atoms in total. The van der Waals surface area contributed by atoms with Crippen LogP contribution in [0.5, 0.6) is 0 Å². The molecule has 0 spiro atoms. The van der Waals surface area contributed by atoms with Gasteiger partial charge >= 0.3 is 0 Å². The standard InChI is InChI=1S/C20H21ClFN3O2/c21-17-13-15(22)6-7-16(17)19(26)24-8-10-25(11-9-24)20(27)18(23)12-14-4-2-1-3-5-14/h1-7,13,18H,8-12,23H2/t18-/m0/s1. The summed E-state index contributed by atoms with van der Waals surface area (Å²) in [5.74, 6) is -0.870. The lowest BCUT2D eigenvalue weighted by molar-refractivity contribution is -0.134. The van der Waals surface area contributed by atoms with Crippen LogP contribution in [0.1, 0.15) is 15.9 Å². The topological polar surface area (TPSA) is 66.6 Å². The van der Waals surface area contributed by atoms with Crippen molar-refractivity contribution in [2.45, 2.75) is 12.5 Å². The molecule has 1 aliphatic heterocycles. The number of hydrogen-bond acceptors (Lipinski definition) is 3. The Balaban J connectivity index is 1.56.